The number of hydrogen-bond donors (Lipinski definition) is 2. The van der Waals surface area contributed by atoms with Crippen LogP contribution in [-0.2, 0) is 0 Å². The summed E-state index contributed by atoms with van der Waals surface area (Å²) >= 11 is 0. The number of nitrogens with two attached hydrogens (primary N) is 1. The lowest BCUT2D eigenvalue weighted by Gasteiger charge is -2.04. The molecule has 1 aromatic heterocycles. The molecule has 0 fully saturated rings. The fourth-order valence-corrected chi connectivity index (χ4v) is 0.842. The van der Waals surface area contributed by atoms with E-state index in [-0.39, 0.29) is 0 Å². The van der Waals surface area contributed by atoms with Crippen LogP contribution < -0.4 is 5.73 Å². The van der Waals surface area contributed by atoms with Crippen LogP contribution in [0.3, 0.4) is 0 Å². The van der Waals surface area contributed by atoms with Gasteiger partial charge in [-0.3, -0.25) is 4.79 Å². The van der Waals surface area contributed by atoms with Crippen LogP contribution in [0.4, 0.5) is 8.78 Å². The quantitative estimate of drug-likeness (QED) is 0.721. The molecular weight excluding hydrogens is 182 g/mol. The summed E-state index contributed by atoms with van der Waals surface area (Å²) in [5.74, 6) is -1.48. The van der Waals surface area contributed by atoms with Crippen LogP contribution in [0.15, 0.2) is 12.3 Å². The van der Waals surface area contributed by atoms with Crippen LogP contribution in [0.2, 0.25) is 0 Å². The van der Waals surface area contributed by atoms with Crippen molar-refractivity contribution in [2.45, 2.75) is 6.43 Å². The fraction of sp³-hybridized carbons (Fsp3) is 0.143. The zero-order chi connectivity index (χ0) is 10.0. The largest absolute Gasteiger partial charge is 0.506 e. The smallest absolute Gasteiger partial charge is 0.267 e. The van der Waals surface area contributed by atoms with Gasteiger partial charge < -0.3 is 10.8 Å². The molecule has 0 aliphatic carbocycles. The SMILES string of the molecule is NC(=O)c1ncc(O)cc1C(F)F. The number of pyridine rings is 1. The predicted molar refractivity (Wildman–Crippen MR) is 39.4 cm³/mol. The summed E-state index contributed by atoms with van der Waals surface area (Å²) in [5.41, 5.74) is 3.61. The highest BCUT2D eigenvalue weighted by molar-refractivity contribution is 5.92. The van der Waals surface area contributed by atoms with E-state index in [1.807, 2.05) is 0 Å². The Balaban J connectivity index is 3.26. The zero-order valence-electron chi connectivity index (χ0n) is 6.37. The lowest BCUT2D eigenvalue weighted by Crippen LogP contribution is -2.15. The maximum absolute atomic E-state index is 12.2. The molecule has 3 N–H and O–H groups in total. The Bertz CT molecular complexity index is 341. The van der Waals surface area contributed by atoms with Crippen molar-refractivity contribution in [2.24, 2.45) is 5.73 Å². The van der Waals surface area contributed by atoms with Gasteiger partial charge in [0.25, 0.3) is 12.3 Å². The minimum absolute atomic E-state index is 0.430. The number of rotatable bonds is 2. The molecule has 70 valence electrons. The standard InChI is InChI=1S/C7H6F2N2O2/c8-6(9)4-1-3(12)2-11-5(4)7(10)13/h1-2,6,12H,(H2,10,13). The maximum atomic E-state index is 12.2. The lowest BCUT2D eigenvalue weighted by atomic mass is 10.2. The van der Waals surface area contributed by atoms with Crippen LogP contribution in [0, 0.1) is 0 Å². The van der Waals surface area contributed by atoms with Crippen molar-refractivity contribution >= 4 is 5.91 Å². The Kier molecular flexibility index (Phi) is 2.41. The Morgan fingerprint density at radius 3 is 2.69 bits per heavy atom. The van der Waals surface area contributed by atoms with E-state index < -0.39 is 29.3 Å². The van der Waals surface area contributed by atoms with Crippen molar-refractivity contribution in [2.75, 3.05) is 0 Å². The minimum Gasteiger partial charge on any atom is -0.506 e. The van der Waals surface area contributed by atoms with Gasteiger partial charge in [-0.25, -0.2) is 13.8 Å². The van der Waals surface area contributed by atoms with Crippen LogP contribution in [-0.4, -0.2) is 16.0 Å². The first-order chi connectivity index (χ1) is 6.02. The van der Waals surface area contributed by atoms with Crippen LogP contribution in [0.1, 0.15) is 22.5 Å². The van der Waals surface area contributed by atoms with E-state index in [0.717, 1.165) is 12.3 Å². The monoisotopic (exact) mass is 188 g/mol. The molecule has 0 atom stereocenters. The summed E-state index contributed by atoms with van der Waals surface area (Å²) in [7, 11) is 0. The Labute approximate surface area is 72.0 Å². The molecule has 1 heterocycles. The molecule has 0 saturated heterocycles. The minimum atomic E-state index is -2.89. The van der Waals surface area contributed by atoms with Crippen molar-refractivity contribution in [1.29, 1.82) is 0 Å². The van der Waals surface area contributed by atoms with Gasteiger partial charge in [-0.1, -0.05) is 0 Å². The van der Waals surface area contributed by atoms with Gasteiger partial charge in [-0.05, 0) is 6.07 Å². The van der Waals surface area contributed by atoms with E-state index in [0.29, 0.717) is 0 Å². The van der Waals surface area contributed by atoms with Gasteiger partial charge >= 0.3 is 0 Å². The predicted octanol–water partition coefficient (Wildman–Crippen LogP) is 0.824. The molecule has 0 aliphatic rings. The van der Waals surface area contributed by atoms with Crippen molar-refractivity contribution < 1.29 is 18.7 Å². The number of aromatic nitrogens is 1. The number of aromatic hydroxyl groups is 1. The van der Waals surface area contributed by atoms with Crippen LogP contribution in [0.25, 0.3) is 0 Å². The van der Waals surface area contributed by atoms with Crippen molar-refractivity contribution in [3.05, 3.63) is 23.5 Å². The summed E-state index contributed by atoms with van der Waals surface area (Å²) in [6, 6.07) is 0.762. The van der Waals surface area contributed by atoms with E-state index in [2.05, 4.69) is 4.98 Å². The average Bonchev–Trinajstić information content (AvgIpc) is 2.03. The van der Waals surface area contributed by atoms with Gasteiger partial charge in [0.2, 0.25) is 0 Å². The highest BCUT2D eigenvalue weighted by Crippen LogP contribution is 2.24. The normalized spacial score (nSPS) is 10.4. The number of amides is 1. The molecule has 1 amide bonds. The van der Waals surface area contributed by atoms with Crippen LogP contribution >= 0.6 is 0 Å². The number of carbonyl (C=O) groups is 1. The zero-order valence-corrected chi connectivity index (χ0v) is 6.37. The molecule has 0 saturated carbocycles. The maximum Gasteiger partial charge on any atom is 0.267 e. The van der Waals surface area contributed by atoms with E-state index >= 15 is 0 Å². The van der Waals surface area contributed by atoms with E-state index in [1.54, 1.807) is 0 Å². The van der Waals surface area contributed by atoms with Crippen molar-refractivity contribution in [1.82, 2.24) is 4.98 Å². The van der Waals surface area contributed by atoms with Gasteiger partial charge in [-0.15, -0.1) is 0 Å². The third-order valence-corrected chi connectivity index (χ3v) is 1.37. The second-order valence-electron chi connectivity index (χ2n) is 2.30. The summed E-state index contributed by atoms with van der Waals surface area (Å²) in [6.45, 7) is 0. The van der Waals surface area contributed by atoms with E-state index in [1.165, 1.54) is 0 Å². The average molecular weight is 188 g/mol. The number of hydrogen-bond acceptors (Lipinski definition) is 3. The topological polar surface area (TPSA) is 76.2 Å². The number of nitrogens with zero attached hydrogens (tertiary/aromatic N) is 1. The van der Waals surface area contributed by atoms with Gasteiger partial charge in [0.05, 0.1) is 11.8 Å². The van der Waals surface area contributed by atoms with Crippen LogP contribution in [0.5, 0.6) is 5.75 Å². The second kappa shape index (κ2) is 3.34. The van der Waals surface area contributed by atoms with Gasteiger partial charge in [-0.2, -0.15) is 0 Å². The Hall–Kier alpha value is -1.72. The molecular formula is C7H6F2N2O2. The summed E-state index contributed by atoms with van der Waals surface area (Å²) in [4.78, 5) is 13.9. The van der Waals surface area contributed by atoms with E-state index in [9.17, 15) is 13.6 Å². The molecule has 6 heteroatoms. The summed E-state index contributed by atoms with van der Waals surface area (Å²) < 4.78 is 24.4. The van der Waals surface area contributed by atoms with Gasteiger partial charge in [0, 0.05) is 0 Å². The first-order valence-corrected chi connectivity index (χ1v) is 3.29. The lowest BCUT2D eigenvalue weighted by molar-refractivity contribution is 0.0980. The highest BCUT2D eigenvalue weighted by Gasteiger charge is 2.18. The van der Waals surface area contributed by atoms with Crippen molar-refractivity contribution in [3.8, 4) is 5.75 Å². The fourth-order valence-electron chi connectivity index (χ4n) is 0.842. The number of carbonyl (C=O) groups excluding carboxylic acids is 1. The summed E-state index contributed by atoms with van der Waals surface area (Å²) in [6.07, 6.45) is -2.01. The summed E-state index contributed by atoms with van der Waals surface area (Å²) in [5, 5.41) is 8.82. The molecule has 4 nitrogen and oxygen atoms in total. The third-order valence-electron chi connectivity index (χ3n) is 1.37. The number of halogens is 2. The molecule has 0 unspecified atom stereocenters. The molecule has 0 aromatic carbocycles. The Morgan fingerprint density at radius 1 is 1.62 bits per heavy atom. The van der Waals surface area contributed by atoms with Crippen molar-refractivity contribution in [3.63, 3.8) is 0 Å². The van der Waals surface area contributed by atoms with Gasteiger partial charge in [0.1, 0.15) is 11.4 Å². The Morgan fingerprint density at radius 2 is 2.23 bits per heavy atom. The second-order valence-corrected chi connectivity index (χ2v) is 2.30. The molecule has 0 bridgehead atoms. The highest BCUT2D eigenvalue weighted by atomic mass is 19.3. The molecule has 1 aromatic rings. The molecule has 13 heavy (non-hydrogen) atoms. The first kappa shape index (κ1) is 9.37. The number of alkyl halides is 2. The van der Waals surface area contributed by atoms with Gasteiger partial charge in [0.15, 0.2) is 0 Å². The number of primary amides is 1. The molecule has 1 rings (SSSR count). The third kappa shape index (κ3) is 1.90. The molecule has 0 spiro atoms. The van der Waals surface area contributed by atoms with E-state index in [4.69, 9.17) is 10.8 Å². The molecule has 0 aliphatic heterocycles. The first-order valence-electron chi connectivity index (χ1n) is 3.29. The molecule has 0 radical (unpaired) electrons.